The van der Waals surface area contributed by atoms with Crippen LogP contribution >= 0.6 is 0 Å². The number of ether oxygens (including phenoxy) is 2. The van der Waals surface area contributed by atoms with Gasteiger partial charge >= 0.3 is 0 Å². The molecular formula is C13H14N2O2. The van der Waals surface area contributed by atoms with E-state index in [1.165, 1.54) is 0 Å². The quantitative estimate of drug-likeness (QED) is 0.822. The third kappa shape index (κ3) is 2.30. The molecule has 0 aliphatic carbocycles. The first-order valence-electron chi connectivity index (χ1n) is 5.17. The second-order valence-electron chi connectivity index (χ2n) is 3.57. The minimum absolute atomic E-state index is 0.604. The van der Waals surface area contributed by atoms with Crippen LogP contribution in [0.1, 0.15) is 0 Å². The molecule has 0 atom stereocenters. The Labute approximate surface area is 100 Å². The summed E-state index contributed by atoms with van der Waals surface area (Å²) in [4.78, 5) is 4.11. The fraction of sp³-hybridized carbons (Fsp3) is 0.154. The molecule has 0 radical (unpaired) electrons. The third-order valence-corrected chi connectivity index (χ3v) is 2.51. The average molecular weight is 230 g/mol. The predicted molar refractivity (Wildman–Crippen MR) is 67.2 cm³/mol. The van der Waals surface area contributed by atoms with Crippen molar-refractivity contribution in [1.82, 2.24) is 4.98 Å². The second-order valence-corrected chi connectivity index (χ2v) is 3.57. The average Bonchev–Trinajstić information content (AvgIpc) is 2.38. The Morgan fingerprint density at radius 1 is 1.00 bits per heavy atom. The Balaban J connectivity index is 2.42. The molecule has 1 heterocycles. The van der Waals surface area contributed by atoms with Gasteiger partial charge in [-0.2, -0.15) is 0 Å². The summed E-state index contributed by atoms with van der Waals surface area (Å²) in [5.41, 5.74) is 8.41. The lowest BCUT2D eigenvalue weighted by Crippen LogP contribution is -1.93. The van der Waals surface area contributed by atoms with Crippen LogP contribution in [0.2, 0.25) is 0 Å². The lowest BCUT2D eigenvalue weighted by molar-refractivity contribution is 0.413. The summed E-state index contributed by atoms with van der Waals surface area (Å²) in [7, 11) is 3.21. The summed E-state index contributed by atoms with van der Waals surface area (Å²) in [6, 6.07) is 7.54. The van der Waals surface area contributed by atoms with Crippen molar-refractivity contribution >= 4 is 5.69 Å². The van der Waals surface area contributed by atoms with Crippen LogP contribution in [0.3, 0.4) is 0 Å². The number of aromatic nitrogens is 1. The number of benzene rings is 1. The fourth-order valence-corrected chi connectivity index (χ4v) is 1.60. The number of pyridine rings is 1. The highest BCUT2D eigenvalue weighted by Crippen LogP contribution is 2.29. The van der Waals surface area contributed by atoms with Gasteiger partial charge in [0.2, 0.25) is 0 Å². The van der Waals surface area contributed by atoms with Gasteiger partial charge in [0.05, 0.1) is 26.1 Å². The SMILES string of the molecule is COc1cncc(-c2ccc(OC)c(N)c2)c1. The number of methoxy groups -OCH3 is 2. The van der Waals surface area contributed by atoms with Gasteiger partial charge in [-0.25, -0.2) is 0 Å². The lowest BCUT2D eigenvalue weighted by atomic mass is 10.1. The van der Waals surface area contributed by atoms with Crippen molar-refractivity contribution in [3.63, 3.8) is 0 Å². The van der Waals surface area contributed by atoms with Gasteiger partial charge in [-0.1, -0.05) is 6.07 Å². The van der Waals surface area contributed by atoms with Gasteiger partial charge in [0, 0.05) is 11.8 Å². The molecule has 88 valence electrons. The maximum atomic E-state index is 5.86. The molecule has 2 N–H and O–H groups in total. The molecule has 0 aliphatic heterocycles. The van der Waals surface area contributed by atoms with Crippen molar-refractivity contribution in [2.75, 3.05) is 20.0 Å². The van der Waals surface area contributed by atoms with Crippen molar-refractivity contribution in [2.45, 2.75) is 0 Å². The molecule has 2 aromatic rings. The molecule has 1 aromatic heterocycles. The van der Waals surface area contributed by atoms with E-state index in [1.54, 1.807) is 26.6 Å². The van der Waals surface area contributed by atoms with Crippen LogP contribution in [0, 0.1) is 0 Å². The topological polar surface area (TPSA) is 57.4 Å². The van der Waals surface area contributed by atoms with Crippen molar-refractivity contribution in [1.29, 1.82) is 0 Å². The summed E-state index contributed by atoms with van der Waals surface area (Å²) in [5.74, 6) is 1.39. The zero-order chi connectivity index (χ0) is 12.3. The van der Waals surface area contributed by atoms with Crippen LogP contribution < -0.4 is 15.2 Å². The summed E-state index contributed by atoms with van der Waals surface area (Å²) in [6.07, 6.45) is 3.43. The highest BCUT2D eigenvalue weighted by molar-refractivity contribution is 5.70. The normalized spacial score (nSPS) is 10.0. The Morgan fingerprint density at radius 3 is 2.47 bits per heavy atom. The van der Waals surface area contributed by atoms with Gasteiger partial charge in [0.25, 0.3) is 0 Å². The Kier molecular flexibility index (Phi) is 3.14. The number of anilines is 1. The number of nitrogens with zero attached hydrogens (tertiary/aromatic N) is 1. The van der Waals surface area contributed by atoms with Gasteiger partial charge in [-0.3, -0.25) is 4.98 Å². The number of nitrogen functional groups attached to an aromatic ring is 1. The maximum absolute atomic E-state index is 5.86. The first-order valence-corrected chi connectivity index (χ1v) is 5.17. The Bertz CT molecular complexity index is 527. The van der Waals surface area contributed by atoms with E-state index >= 15 is 0 Å². The Hall–Kier alpha value is -2.23. The summed E-state index contributed by atoms with van der Waals surface area (Å²) < 4.78 is 10.2. The molecule has 0 saturated carbocycles. The number of nitrogens with two attached hydrogens (primary N) is 1. The summed E-state index contributed by atoms with van der Waals surface area (Å²) in [6.45, 7) is 0. The minimum atomic E-state index is 0.604. The van der Waals surface area contributed by atoms with Crippen LogP contribution in [0.15, 0.2) is 36.7 Å². The monoisotopic (exact) mass is 230 g/mol. The molecule has 0 fully saturated rings. The van der Waals surface area contributed by atoms with Crippen LogP contribution in [-0.4, -0.2) is 19.2 Å². The van der Waals surface area contributed by atoms with E-state index in [0.29, 0.717) is 11.4 Å². The van der Waals surface area contributed by atoms with E-state index in [2.05, 4.69) is 4.98 Å². The van der Waals surface area contributed by atoms with Gasteiger partial charge in [-0.05, 0) is 23.8 Å². The Morgan fingerprint density at radius 2 is 1.82 bits per heavy atom. The molecule has 4 heteroatoms. The number of rotatable bonds is 3. The first kappa shape index (κ1) is 11.3. The third-order valence-electron chi connectivity index (χ3n) is 2.51. The molecule has 0 spiro atoms. The van der Waals surface area contributed by atoms with E-state index in [9.17, 15) is 0 Å². The van der Waals surface area contributed by atoms with E-state index in [4.69, 9.17) is 15.2 Å². The fourth-order valence-electron chi connectivity index (χ4n) is 1.60. The molecule has 2 rings (SSSR count). The standard InChI is InChI=1S/C13H14N2O2/c1-16-11-5-10(7-15-8-11)9-3-4-13(17-2)12(14)6-9/h3-8H,14H2,1-2H3. The van der Waals surface area contributed by atoms with Crippen molar-refractivity contribution in [3.05, 3.63) is 36.7 Å². The minimum Gasteiger partial charge on any atom is -0.495 e. The van der Waals surface area contributed by atoms with Crippen LogP contribution in [0.25, 0.3) is 11.1 Å². The summed E-state index contributed by atoms with van der Waals surface area (Å²) in [5, 5.41) is 0. The van der Waals surface area contributed by atoms with E-state index in [-0.39, 0.29) is 0 Å². The molecule has 0 aliphatic rings. The number of hydrogen-bond acceptors (Lipinski definition) is 4. The van der Waals surface area contributed by atoms with Gasteiger partial charge in [0.15, 0.2) is 0 Å². The summed E-state index contributed by atoms with van der Waals surface area (Å²) >= 11 is 0. The predicted octanol–water partition coefficient (Wildman–Crippen LogP) is 2.35. The van der Waals surface area contributed by atoms with Crippen molar-refractivity contribution in [2.24, 2.45) is 0 Å². The van der Waals surface area contributed by atoms with E-state index in [1.807, 2.05) is 24.3 Å². The maximum Gasteiger partial charge on any atom is 0.141 e. The number of hydrogen-bond donors (Lipinski definition) is 1. The van der Waals surface area contributed by atoms with Crippen molar-refractivity contribution < 1.29 is 9.47 Å². The van der Waals surface area contributed by atoms with Crippen LogP contribution in [0.5, 0.6) is 11.5 Å². The highest BCUT2D eigenvalue weighted by Gasteiger charge is 2.04. The van der Waals surface area contributed by atoms with Crippen molar-refractivity contribution in [3.8, 4) is 22.6 Å². The first-order chi connectivity index (χ1) is 8.24. The highest BCUT2D eigenvalue weighted by atomic mass is 16.5. The van der Waals surface area contributed by atoms with Crippen LogP contribution in [0.4, 0.5) is 5.69 Å². The molecule has 0 amide bonds. The van der Waals surface area contributed by atoms with E-state index < -0.39 is 0 Å². The smallest absolute Gasteiger partial charge is 0.141 e. The van der Waals surface area contributed by atoms with Gasteiger partial charge in [0.1, 0.15) is 11.5 Å². The molecule has 0 saturated heterocycles. The van der Waals surface area contributed by atoms with E-state index in [0.717, 1.165) is 16.9 Å². The molecule has 4 nitrogen and oxygen atoms in total. The zero-order valence-corrected chi connectivity index (χ0v) is 9.81. The second kappa shape index (κ2) is 4.74. The molecule has 1 aromatic carbocycles. The van der Waals surface area contributed by atoms with Gasteiger partial charge < -0.3 is 15.2 Å². The van der Waals surface area contributed by atoms with Crippen LogP contribution in [-0.2, 0) is 0 Å². The molecule has 17 heavy (non-hydrogen) atoms. The lowest BCUT2D eigenvalue weighted by Gasteiger charge is -2.08. The molecular weight excluding hydrogens is 216 g/mol. The zero-order valence-electron chi connectivity index (χ0n) is 9.81. The largest absolute Gasteiger partial charge is 0.495 e. The van der Waals surface area contributed by atoms with Gasteiger partial charge in [-0.15, -0.1) is 0 Å². The molecule has 0 bridgehead atoms. The molecule has 0 unspecified atom stereocenters.